The minimum atomic E-state index is 0.273. The largest absolute Gasteiger partial charge is 0.352 e. The number of fused-ring (bicyclic) bond motifs is 1. The predicted octanol–water partition coefficient (Wildman–Crippen LogP) is 5.14. The summed E-state index contributed by atoms with van der Waals surface area (Å²) in [7, 11) is 0. The topological polar surface area (TPSA) is 37.8 Å². The molecule has 0 aliphatic heterocycles. The van der Waals surface area contributed by atoms with Gasteiger partial charge >= 0.3 is 0 Å². The number of thiophene rings is 1. The second kappa shape index (κ2) is 5.62. The molecule has 3 rings (SSSR count). The van der Waals surface area contributed by atoms with E-state index in [-0.39, 0.29) is 6.04 Å². The number of anilines is 1. The van der Waals surface area contributed by atoms with E-state index in [0.29, 0.717) is 11.1 Å². The molecule has 3 nitrogen and oxygen atoms in total. The van der Waals surface area contributed by atoms with Gasteiger partial charge in [-0.2, -0.15) is 0 Å². The molecule has 0 atom stereocenters. The van der Waals surface area contributed by atoms with Gasteiger partial charge in [-0.1, -0.05) is 41.4 Å². The quantitative estimate of drug-likeness (QED) is 0.680. The second-order valence-electron chi connectivity index (χ2n) is 5.33. The van der Waals surface area contributed by atoms with Crippen LogP contribution in [-0.2, 0) is 0 Å². The van der Waals surface area contributed by atoms with E-state index in [2.05, 4.69) is 51.9 Å². The Morgan fingerprint density at radius 1 is 1.14 bits per heavy atom. The Hall–Kier alpha value is -1.65. The Kier molecular flexibility index (Phi) is 3.83. The van der Waals surface area contributed by atoms with Crippen molar-refractivity contribution in [2.75, 3.05) is 5.32 Å². The summed E-state index contributed by atoms with van der Waals surface area (Å²) < 4.78 is 0. The lowest BCUT2D eigenvalue weighted by molar-refractivity contribution is 0.878. The zero-order chi connectivity index (χ0) is 15.0. The van der Waals surface area contributed by atoms with Crippen LogP contribution in [0.25, 0.3) is 21.3 Å². The van der Waals surface area contributed by atoms with Crippen LogP contribution in [0.1, 0.15) is 19.4 Å². The zero-order valence-electron chi connectivity index (χ0n) is 12.1. The van der Waals surface area contributed by atoms with E-state index in [0.717, 1.165) is 21.3 Å². The van der Waals surface area contributed by atoms with Crippen LogP contribution in [-0.4, -0.2) is 16.0 Å². The number of halogens is 1. The van der Waals surface area contributed by atoms with Gasteiger partial charge in [0.15, 0.2) is 0 Å². The average Bonchev–Trinajstić information content (AvgIpc) is 2.83. The van der Waals surface area contributed by atoms with E-state index < -0.39 is 0 Å². The van der Waals surface area contributed by atoms with Crippen LogP contribution in [0.4, 0.5) is 5.95 Å². The first-order valence-electron chi connectivity index (χ1n) is 6.83. The van der Waals surface area contributed by atoms with Gasteiger partial charge in [-0.15, -0.1) is 11.3 Å². The van der Waals surface area contributed by atoms with Crippen LogP contribution in [0.5, 0.6) is 0 Å². The first-order valence-corrected chi connectivity index (χ1v) is 8.08. The highest BCUT2D eigenvalue weighted by atomic mass is 35.5. The van der Waals surface area contributed by atoms with Crippen LogP contribution in [0.15, 0.2) is 29.6 Å². The van der Waals surface area contributed by atoms with E-state index in [1.54, 1.807) is 11.3 Å². The van der Waals surface area contributed by atoms with Crippen LogP contribution >= 0.6 is 22.9 Å². The third-order valence-corrected chi connectivity index (χ3v) is 4.32. The molecular formula is C16H16ClN3S. The Morgan fingerprint density at radius 3 is 2.52 bits per heavy atom. The maximum Gasteiger partial charge on any atom is 0.225 e. The standard InChI is InChI=1S/C16H16ClN3S/c1-9(2)18-16-19-14(17)13-12(8-21-15(13)20-16)11-6-4-10(3)5-7-11/h4-9H,1-3H3,(H,18,19,20). The van der Waals surface area contributed by atoms with Crippen LogP contribution in [0.2, 0.25) is 5.15 Å². The van der Waals surface area contributed by atoms with Gasteiger partial charge in [0, 0.05) is 17.0 Å². The molecule has 0 bridgehead atoms. The highest BCUT2D eigenvalue weighted by Gasteiger charge is 2.14. The van der Waals surface area contributed by atoms with Crippen molar-refractivity contribution in [1.29, 1.82) is 0 Å². The van der Waals surface area contributed by atoms with Crippen molar-refractivity contribution in [3.8, 4) is 11.1 Å². The van der Waals surface area contributed by atoms with Gasteiger partial charge in [0.05, 0.1) is 5.39 Å². The van der Waals surface area contributed by atoms with E-state index in [1.807, 2.05) is 13.8 Å². The summed E-state index contributed by atoms with van der Waals surface area (Å²) in [4.78, 5) is 9.83. The molecule has 0 fully saturated rings. The van der Waals surface area contributed by atoms with Crippen molar-refractivity contribution in [2.45, 2.75) is 26.8 Å². The van der Waals surface area contributed by atoms with Gasteiger partial charge in [0.1, 0.15) is 9.98 Å². The molecule has 1 aromatic carbocycles. The maximum absolute atomic E-state index is 6.39. The lowest BCUT2D eigenvalue weighted by atomic mass is 10.1. The molecule has 0 radical (unpaired) electrons. The molecule has 0 spiro atoms. The summed E-state index contributed by atoms with van der Waals surface area (Å²) in [6.07, 6.45) is 0. The van der Waals surface area contributed by atoms with Gasteiger partial charge in [0.2, 0.25) is 5.95 Å². The van der Waals surface area contributed by atoms with Crippen molar-refractivity contribution in [1.82, 2.24) is 9.97 Å². The lowest BCUT2D eigenvalue weighted by Gasteiger charge is -2.08. The van der Waals surface area contributed by atoms with Crippen molar-refractivity contribution in [2.24, 2.45) is 0 Å². The molecule has 0 amide bonds. The summed E-state index contributed by atoms with van der Waals surface area (Å²) in [5.74, 6) is 0.583. The van der Waals surface area contributed by atoms with Gasteiger partial charge in [-0.3, -0.25) is 0 Å². The van der Waals surface area contributed by atoms with E-state index >= 15 is 0 Å². The molecule has 0 aliphatic carbocycles. The third kappa shape index (κ3) is 2.87. The summed E-state index contributed by atoms with van der Waals surface area (Å²) in [5.41, 5.74) is 3.47. The molecule has 0 saturated carbocycles. The molecule has 0 aliphatic rings. The fourth-order valence-electron chi connectivity index (χ4n) is 2.17. The smallest absolute Gasteiger partial charge is 0.225 e. The first kappa shape index (κ1) is 14.3. The SMILES string of the molecule is Cc1ccc(-c2csc3nc(NC(C)C)nc(Cl)c23)cc1. The molecule has 1 N–H and O–H groups in total. The number of rotatable bonds is 3. The average molecular weight is 318 g/mol. The monoisotopic (exact) mass is 317 g/mol. The van der Waals surface area contributed by atoms with Crippen LogP contribution in [0, 0.1) is 6.92 Å². The zero-order valence-corrected chi connectivity index (χ0v) is 13.7. The number of nitrogens with one attached hydrogen (secondary N) is 1. The normalized spacial score (nSPS) is 11.3. The number of hydrogen-bond acceptors (Lipinski definition) is 4. The molecular weight excluding hydrogens is 302 g/mol. The highest BCUT2D eigenvalue weighted by Crippen LogP contribution is 2.37. The number of benzene rings is 1. The summed E-state index contributed by atoms with van der Waals surface area (Å²) in [6, 6.07) is 8.68. The Balaban J connectivity index is 2.12. The molecule has 0 saturated heterocycles. The summed E-state index contributed by atoms with van der Waals surface area (Å²) in [5, 5.41) is 6.72. The summed E-state index contributed by atoms with van der Waals surface area (Å²) >= 11 is 7.98. The van der Waals surface area contributed by atoms with Crippen molar-refractivity contribution < 1.29 is 0 Å². The Labute approximate surface area is 133 Å². The van der Waals surface area contributed by atoms with E-state index in [4.69, 9.17) is 11.6 Å². The lowest BCUT2D eigenvalue weighted by Crippen LogP contribution is -2.12. The predicted molar refractivity (Wildman–Crippen MR) is 91.4 cm³/mol. The van der Waals surface area contributed by atoms with Crippen molar-refractivity contribution in [3.05, 3.63) is 40.4 Å². The van der Waals surface area contributed by atoms with Gasteiger partial charge < -0.3 is 5.32 Å². The van der Waals surface area contributed by atoms with Gasteiger partial charge in [-0.05, 0) is 26.3 Å². The molecule has 21 heavy (non-hydrogen) atoms. The maximum atomic E-state index is 6.39. The minimum Gasteiger partial charge on any atom is -0.352 e. The third-order valence-electron chi connectivity index (χ3n) is 3.17. The van der Waals surface area contributed by atoms with Crippen molar-refractivity contribution >= 4 is 39.1 Å². The molecule has 0 unspecified atom stereocenters. The fourth-order valence-corrected chi connectivity index (χ4v) is 3.44. The molecule has 108 valence electrons. The van der Waals surface area contributed by atoms with E-state index in [9.17, 15) is 0 Å². The molecule has 3 aromatic rings. The number of hydrogen-bond donors (Lipinski definition) is 1. The Morgan fingerprint density at radius 2 is 1.86 bits per heavy atom. The first-order chi connectivity index (χ1) is 10.0. The van der Waals surface area contributed by atoms with Crippen LogP contribution in [0.3, 0.4) is 0 Å². The van der Waals surface area contributed by atoms with Crippen molar-refractivity contribution in [3.63, 3.8) is 0 Å². The van der Waals surface area contributed by atoms with Crippen LogP contribution < -0.4 is 5.32 Å². The molecule has 5 heteroatoms. The summed E-state index contributed by atoms with van der Waals surface area (Å²) in [6.45, 7) is 6.18. The van der Waals surface area contributed by atoms with E-state index in [1.165, 1.54) is 5.56 Å². The minimum absolute atomic E-state index is 0.273. The second-order valence-corrected chi connectivity index (χ2v) is 6.55. The molecule has 2 heterocycles. The highest BCUT2D eigenvalue weighted by molar-refractivity contribution is 7.17. The van der Waals surface area contributed by atoms with Gasteiger partial charge in [0.25, 0.3) is 0 Å². The number of aryl methyl sites for hydroxylation is 1. The molecule has 2 aromatic heterocycles. The number of nitrogens with zero attached hydrogens (tertiary/aromatic N) is 2. The number of aromatic nitrogens is 2. The Bertz CT molecular complexity index is 778. The van der Waals surface area contributed by atoms with Gasteiger partial charge in [-0.25, -0.2) is 9.97 Å². The fraction of sp³-hybridized carbons (Fsp3) is 0.250.